The highest BCUT2D eigenvalue weighted by Gasteiger charge is 2.01. The molecular formula is C19H19BrO2. The van der Waals surface area contributed by atoms with Gasteiger partial charge in [-0.05, 0) is 77.2 Å². The van der Waals surface area contributed by atoms with Crippen molar-refractivity contribution >= 4 is 28.1 Å². The van der Waals surface area contributed by atoms with E-state index in [0.29, 0.717) is 10.2 Å². The lowest BCUT2D eigenvalue weighted by molar-refractivity contribution is 0.469. The van der Waals surface area contributed by atoms with Crippen molar-refractivity contribution in [2.45, 2.75) is 20.3 Å². The second-order valence-electron chi connectivity index (χ2n) is 5.42. The Hall–Kier alpha value is -2.00. The molecule has 0 bridgehead atoms. The van der Waals surface area contributed by atoms with Crippen molar-refractivity contribution in [2.75, 3.05) is 0 Å². The molecule has 2 N–H and O–H groups in total. The van der Waals surface area contributed by atoms with E-state index >= 15 is 0 Å². The summed E-state index contributed by atoms with van der Waals surface area (Å²) in [6, 6.07) is 11.0. The molecule has 3 heteroatoms. The number of hydrogen-bond acceptors (Lipinski definition) is 2. The van der Waals surface area contributed by atoms with Gasteiger partial charge in [0.1, 0.15) is 11.5 Å². The topological polar surface area (TPSA) is 40.5 Å². The maximum absolute atomic E-state index is 9.91. The number of phenols is 2. The average molecular weight is 359 g/mol. The molecule has 0 fully saturated rings. The zero-order valence-corrected chi connectivity index (χ0v) is 14.3. The summed E-state index contributed by atoms with van der Waals surface area (Å²) >= 11 is 3.26. The van der Waals surface area contributed by atoms with Crippen LogP contribution < -0.4 is 0 Å². The summed E-state index contributed by atoms with van der Waals surface area (Å²) in [5.74, 6) is 0.535. The van der Waals surface area contributed by atoms with Gasteiger partial charge in [-0.3, -0.25) is 0 Å². The molecule has 114 valence electrons. The van der Waals surface area contributed by atoms with Gasteiger partial charge < -0.3 is 10.2 Å². The minimum atomic E-state index is 0.220. The molecule has 0 aliphatic carbocycles. The van der Waals surface area contributed by atoms with Crippen LogP contribution in [0.3, 0.4) is 0 Å². The maximum atomic E-state index is 9.91. The van der Waals surface area contributed by atoms with Crippen LogP contribution in [0, 0.1) is 0 Å². The molecule has 0 spiro atoms. The van der Waals surface area contributed by atoms with Crippen LogP contribution in [-0.4, -0.2) is 10.2 Å². The molecule has 0 aliphatic heterocycles. The first-order valence-electron chi connectivity index (χ1n) is 7.07. The Kier molecular flexibility index (Phi) is 5.45. The number of phenolic OH excluding ortho intramolecular Hbond substituents is 2. The lowest BCUT2D eigenvalue weighted by Gasteiger charge is -2.04. The van der Waals surface area contributed by atoms with Gasteiger partial charge in [0.15, 0.2) is 0 Å². The van der Waals surface area contributed by atoms with Crippen LogP contribution in [0.15, 0.2) is 52.5 Å². The largest absolute Gasteiger partial charge is 0.508 e. The Balaban J connectivity index is 2.22. The van der Waals surface area contributed by atoms with Gasteiger partial charge in [-0.1, -0.05) is 35.9 Å². The highest BCUT2D eigenvalue weighted by molar-refractivity contribution is 9.10. The normalized spacial score (nSPS) is 10.9. The van der Waals surface area contributed by atoms with E-state index in [9.17, 15) is 10.2 Å². The molecule has 2 nitrogen and oxygen atoms in total. The van der Waals surface area contributed by atoms with E-state index in [1.54, 1.807) is 12.1 Å². The third-order valence-corrected chi connectivity index (χ3v) is 3.94. The summed E-state index contributed by atoms with van der Waals surface area (Å²) in [5, 5.41) is 19.6. The van der Waals surface area contributed by atoms with E-state index in [2.05, 4.69) is 22.0 Å². The third-order valence-electron chi connectivity index (χ3n) is 3.27. The van der Waals surface area contributed by atoms with E-state index in [4.69, 9.17) is 0 Å². The van der Waals surface area contributed by atoms with Crippen LogP contribution in [0.5, 0.6) is 11.5 Å². The van der Waals surface area contributed by atoms with E-state index < -0.39 is 0 Å². The minimum Gasteiger partial charge on any atom is -0.508 e. The molecule has 0 aliphatic rings. The maximum Gasteiger partial charge on any atom is 0.130 e. The number of rotatable bonds is 4. The minimum absolute atomic E-state index is 0.220. The molecule has 0 saturated carbocycles. The zero-order chi connectivity index (χ0) is 16.1. The molecule has 0 amide bonds. The fraction of sp³-hybridized carbons (Fsp3) is 0.158. The van der Waals surface area contributed by atoms with E-state index in [-0.39, 0.29) is 5.75 Å². The second kappa shape index (κ2) is 7.32. The number of benzene rings is 2. The number of halogens is 1. The van der Waals surface area contributed by atoms with Crippen molar-refractivity contribution in [3.8, 4) is 11.5 Å². The molecule has 2 aromatic carbocycles. The SMILES string of the molecule is CC(C)=CCc1cc(/C=C/c2ccc(Br)c(O)c2)ccc1O. The van der Waals surface area contributed by atoms with Gasteiger partial charge in [-0.2, -0.15) is 0 Å². The van der Waals surface area contributed by atoms with Crippen molar-refractivity contribution in [1.29, 1.82) is 0 Å². The molecule has 2 rings (SSSR count). The molecule has 0 aromatic heterocycles. The van der Waals surface area contributed by atoms with Crippen molar-refractivity contribution in [1.82, 2.24) is 0 Å². The monoisotopic (exact) mass is 358 g/mol. The van der Waals surface area contributed by atoms with Crippen LogP contribution in [0.1, 0.15) is 30.5 Å². The fourth-order valence-corrected chi connectivity index (χ4v) is 2.26. The lowest BCUT2D eigenvalue weighted by Crippen LogP contribution is -1.85. The van der Waals surface area contributed by atoms with Gasteiger partial charge >= 0.3 is 0 Å². The number of allylic oxidation sites excluding steroid dienone is 2. The second-order valence-corrected chi connectivity index (χ2v) is 6.27. The standard InChI is InChI=1S/C19H19BrO2/c1-13(2)3-8-16-11-14(7-10-18(16)21)4-5-15-6-9-17(20)19(22)12-15/h3-7,9-12,21-22H,8H2,1-2H3/b5-4+. The predicted molar refractivity (Wildman–Crippen MR) is 96.0 cm³/mol. The van der Waals surface area contributed by atoms with Crippen LogP contribution in [0.2, 0.25) is 0 Å². The summed E-state index contributed by atoms with van der Waals surface area (Å²) in [4.78, 5) is 0. The van der Waals surface area contributed by atoms with Gasteiger partial charge in [-0.15, -0.1) is 0 Å². The van der Waals surface area contributed by atoms with E-state index in [1.165, 1.54) is 5.57 Å². The first-order valence-corrected chi connectivity index (χ1v) is 7.87. The summed E-state index contributed by atoms with van der Waals surface area (Å²) in [7, 11) is 0. The molecular weight excluding hydrogens is 340 g/mol. The van der Waals surface area contributed by atoms with E-state index in [1.807, 2.05) is 50.3 Å². The summed E-state index contributed by atoms with van der Waals surface area (Å²) in [6.45, 7) is 4.08. The lowest BCUT2D eigenvalue weighted by atomic mass is 10.0. The molecule has 2 aromatic rings. The zero-order valence-electron chi connectivity index (χ0n) is 12.7. The van der Waals surface area contributed by atoms with E-state index in [0.717, 1.165) is 23.1 Å². The Morgan fingerprint density at radius 1 is 0.955 bits per heavy atom. The van der Waals surface area contributed by atoms with Gasteiger partial charge in [0, 0.05) is 0 Å². The average Bonchev–Trinajstić information content (AvgIpc) is 2.48. The molecule has 0 heterocycles. The third kappa shape index (κ3) is 4.50. The smallest absolute Gasteiger partial charge is 0.130 e. The van der Waals surface area contributed by atoms with Crippen molar-refractivity contribution in [3.05, 3.63) is 69.2 Å². The fourth-order valence-electron chi connectivity index (χ4n) is 2.01. The Morgan fingerprint density at radius 3 is 2.23 bits per heavy atom. The summed E-state index contributed by atoms with van der Waals surface area (Å²) in [5.41, 5.74) is 4.06. The van der Waals surface area contributed by atoms with Crippen molar-refractivity contribution < 1.29 is 10.2 Å². The van der Waals surface area contributed by atoms with Crippen molar-refractivity contribution in [3.63, 3.8) is 0 Å². The molecule has 0 unspecified atom stereocenters. The molecule has 0 radical (unpaired) electrons. The van der Waals surface area contributed by atoms with Gasteiger partial charge in [0.2, 0.25) is 0 Å². The Bertz CT molecular complexity index is 726. The first kappa shape index (κ1) is 16.4. The molecule has 0 atom stereocenters. The van der Waals surface area contributed by atoms with Crippen LogP contribution in [0.4, 0.5) is 0 Å². The quantitative estimate of drug-likeness (QED) is 0.556. The van der Waals surface area contributed by atoms with Gasteiger partial charge in [0.05, 0.1) is 4.47 Å². The Morgan fingerprint density at radius 2 is 1.59 bits per heavy atom. The van der Waals surface area contributed by atoms with Crippen LogP contribution in [-0.2, 0) is 6.42 Å². The number of aromatic hydroxyl groups is 2. The summed E-state index contributed by atoms with van der Waals surface area (Å²) in [6.07, 6.45) is 6.71. The molecule has 0 saturated heterocycles. The Labute approximate surface area is 139 Å². The number of hydrogen-bond donors (Lipinski definition) is 2. The highest BCUT2D eigenvalue weighted by atomic mass is 79.9. The van der Waals surface area contributed by atoms with Crippen LogP contribution >= 0.6 is 15.9 Å². The summed E-state index contributed by atoms with van der Waals surface area (Å²) < 4.78 is 0.679. The van der Waals surface area contributed by atoms with Crippen LogP contribution in [0.25, 0.3) is 12.2 Å². The van der Waals surface area contributed by atoms with Gasteiger partial charge in [-0.25, -0.2) is 0 Å². The van der Waals surface area contributed by atoms with Gasteiger partial charge in [0.25, 0.3) is 0 Å². The molecule has 22 heavy (non-hydrogen) atoms. The highest BCUT2D eigenvalue weighted by Crippen LogP contribution is 2.26. The predicted octanol–water partition coefficient (Wildman–Crippen LogP) is 5.54. The van der Waals surface area contributed by atoms with Crippen molar-refractivity contribution in [2.24, 2.45) is 0 Å². The first-order chi connectivity index (χ1) is 10.5.